The molecule has 0 nitrogen and oxygen atoms in total. The molecule has 1 unspecified atom stereocenters. The van der Waals surface area contributed by atoms with Gasteiger partial charge in [-0.15, -0.1) is 0 Å². The van der Waals surface area contributed by atoms with Gasteiger partial charge in [-0.05, 0) is 6.42 Å². The molecule has 0 aromatic heterocycles. The maximum absolute atomic E-state index is 3.55. The Labute approximate surface area is 68.3 Å². The molecule has 0 N–H and O–H groups in total. The third-order valence-corrected chi connectivity index (χ3v) is 1.41. The van der Waals surface area contributed by atoms with Crippen LogP contribution in [0.3, 0.4) is 0 Å². The number of hydrogen-bond acceptors (Lipinski definition) is 0. The topological polar surface area (TPSA) is 0 Å². The van der Waals surface area contributed by atoms with Crippen molar-refractivity contribution in [2.75, 3.05) is 0 Å². The van der Waals surface area contributed by atoms with Crippen LogP contribution in [-0.2, 0) is 0 Å². The number of alkyl halides is 2. The minimum atomic E-state index is 0.288. The van der Waals surface area contributed by atoms with Crippen LogP contribution >= 0.6 is 31.9 Å². The normalized spacial score (nSPS) is 16.1. The van der Waals surface area contributed by atoms with Crippen LogP contribution in [0.5, 0.6) is 0 Å². The Kier molecular flexibility index (Phi) is 3.60. The summed E-state index contributed by atoms with van der Waals surface area (Å²) in [4.78, 5) is 0.608. The summed E-state index contributed by atoms with van der Waals surface area (Å²) in [6.07, 6.45) is 1.16. The molecule has 0 spiro atoms. The largest absolute Gasteiger partial charge is 0.0893 e. The second-order valence-corrected chi connectivity index (χ2v) is 6.41. The van der Waals surface area contributed by atoms with E-state index in [1.165, 1.54) is 0 Å². The van der Waals surface area contributed by atoms with E-state index in [0.29, 0.717) is 4.83 Å². The first-order valence-electron chi connectivity index (χ1n) is 2.75. The fourth-order valence-corrected chi connectivity index (χ4v) is 2.40. The lowest BCUT2D eigenvalue weighted by Crippen LogP contribution is -2.13. The summed E-state index contributed by atoms with van der Waals surface area (Å²) in [6.45, 7) is 6.50. The van der Waals surface area contributed by atoms with Crippen molar-refractivity contribution in [1.29, 1.82) is 0 Å². The van der Waals surface area contributed by atoms with Crippen molar-refractivity contribution in [3.63, 3.8) is 0 Å². The summed E-state index contributed by atoms with van der Waals surface area (Å²) in [7, 11) is 0. The Balaban J connectivity index is 3.39. The zero-order chi connectivity index (χ0) is 6.78. The molecule has 50 valence electrons. The van der Waals surface area contributed by atoms with Crippen molar-refractivity contribution in [2.45, 2.75) is 36.3 Å². The molecule has 0 aliphatic rings. The minimum Gasteiger partial charge on any atom is -0.0893 e. The van der Waals surface area contributed by atoms with Crippen molar-refractivity contribution >= 4 is 31.9 Å². The van der Waals surface area contributed by atoms with Gasteiger partial charge < -0.3 is 0 Å². The highest BCUT2D eigenvalue weighted by atomic mass is 79.9. The number of rotatable bonds is 2. The van der Waals surface area contributed by atoms with Gasteiger partial charge >= 0.3 is 0 Å². The van der Waals surface area contributed by atoms with Gasteiger partial charge in [-0.1, -0.05) is 52.6 Å². The molecule has 0 rings (SSSR count). The maximum atomic E-state index is 3.55. The van der Waals surface area contributed by atoms with E-state index in [0.717, 1.165) is 6.42 Å². The van der Waals surface area contributed by atoms with E-state index in [4.69, 9.17) is 0 Å². The van der Waals surface area contributed by atoms with E-state index in [1.54, 1.807) is 0 Å². The highest BCUT2D eigenvalue weighted by Gasteiger charge is 2.14. The average molecular weight is 244 g/mol. The lowest BCUT2D eigenvalue weighted by atomic mass is 10.1. The van der Waals surface area contributed by atoms with Gasteiger partial charge in [0.05, 0.1) is 0 Å². The van der Waals surface area contributed by atoms with Crippen LogP contribution in [0.2, 0.25) is 0 Å². The molecule has 0 aliphatic heterocycles. The molecule has 0 bridgehead atoms. The summed E-state index contributed by atoms with van der Waals surface area (Å²) in [5.74, 6) is 0. The fraction of sp³-hybridized carbons (Fsp3) is 1.00. The molecule has 0 radical (unpaired) electrons. The summed E-state index contributed by atoms with van der Waals surface area (Å²) in [5.41, 5.74) is 0. The fourth-order valence-electron chi connectivity index (χ4n) is 0.669. The van der Waals surface area contributed by atoms with E-state index >= 15 is 0 Å². The smallest absolute Gasteiger partial charge is 0.0212 e. The lowest BCUT2D eigenvalue weighted by molar-refractivity contribution is 0.655. The van der Waals surface area contributed by atoms with E-state index < -0.39 is 0 Å². The third kappa shape index (κ3) is 6.96. The SMILES string of the molecule is CC(Br)CC(C)(C)Br. The predicted octanol–water partition coefficient (Wildman–Crippen LogP) is 3.33. The Morgan fingerprint density at radius 3 is 1.88 bits per heavy atom. The van der Waals surface area contributed by atoms with Gasteiger partial charge in [-0.25, -0.2) is 0 Å². The van der Waals surface area contributed by atoms with Gasteiger partial charge in [0.1, 0.15) is 0 Å². The molecule has 1 atom stereocenters. The zero-order valence-corrected chi connectivity index (χ0v) is 8.71. The summed E-state index contributed by atoms with van der Waals surface area (Å²) in [6, 6.07) is 0. The molecule has 0 fully saturated rings. The number of halogens is 2. The highest BCUT2D eigenvalue weighted by molar-refractivity contribution is 9.10. The standard InChI is InChI=1S/C6H12Br2/c1-5(7)4-6(2,3)8/h5H,4H2,1-3H3. The Morgan fingerprint density at radius 1 is 1.50 bits per heavy atom. The first-order valence-corrected chi connectivity index (χ1v) is 4.46. The molecule has 0 saturated heterocycles. The molecule has 0 heterocycles. The van der Waals surface area contributed by atoms with Gasteiger partial charge in [0, 0.05) is 9.15 Å². The maximum Gasteiger partial charge on any atom is 0.0212 e. The Morgan fingerprint density at radius 2 is 1.88 bits per heavy atom. The van der Waals surface area contributed by atoms with Gasteiger partial charge in [0.2, 0.25) is 0 Å². The molecule has 0 aromatic rings. The molecule has 0 amide bonds. The minimum absolute atomic E-state index is 0.288. The van der Waals surface area contributed by atoms with Gasteiger partial charge in [-0.3, -0.25) is 0 Å². The predicted molar refractivity (Wildman–Crippen MR) is 46.0 cm³/mol. The zero-order valence-electron chi connectivity index (χ0n) is 5.54. The van der Waals surface area contributed by atoms with Crippen molar-refractivity contribution in [3.05, 3.63) is 0 Å². The third-order valence-electron chi connectivity index (χ3n) is 0.767. The monoisotopic (exact) mass is 242 g/mol. The van der Waals surface area contributed by atoms with E-state index in [2.05, 4.69) is 52.6 Å². The van der Waals surface area contributed by atoms with Crippen LogP contribution < -0.4 is 0 Å². The van der Waals surface area contributed by atoms with Crippen molar-refractivity contribution < 1.29 is 0 Å². The molecule has 0 saturated carbocycles. The van der Waals surface area contributed by atoms with Crippen molar-refractivity contribution in [1.82, 2.24) is 0 Å². The van der Waals surface area contributed by atoms with E-state index in [1.807, 2.05) is 0 Å². The first kappa shape index (κ1) is 8.96. The summed E-state index contributed by atoms with van der Waals surface area (Å²) < 4.78 is 0.288. The molecule has 8 heavy (non-hydrogen) atoms. The average Bonchev–Trinajstić information content (AvgIpc) is 1.21. The van der Waals surface area contributed by atoms with Gasteiger partial charge in [0.15, 0.2) is 0 Å². The van der Waals surface area contributed by atoms with Gasteiger partial charge in [-0.2, -0.15) is 0 Å². The van der Waals surface area contributed by atoms with Crippen molar-refractivity contribution in [3.8, 4) is 0 Å². The van der Waals surface area contributed by atoms with Crippen LogP contribution in [0.1, 0.15) is 27.2 Å². The Bertz CT molecular complexity index is 61.4. The molecule has 0 aliphatic carbocycles. The second kappa shape index (κ2) is 3.21. The van der Waals surface area contributed by atoms with E-state index in [9.17, 15) is 0 Å². The first-order chi connectivity index (χ1) is 3.42. The van der Waals surface area contributed by atoms with Gasteiger partial charge in [0.25, 0.3) is 0 Å². The molecular weight excluding hydrogens is 232 g/mol. The van der Waals surface area contributed by atoms with Crippen LogP contribution in [0, 0.1) is 0 Å². The summed E-state index contributed by atoms with van der Waals surface area (Å²) >= 11 is 7.03. The Hall–Kier alpha value is 0.960. The van der Waals surface area contributed by atoms with Crippen molar-refractivity contribution in [2.24, 2.45) is 0 Å². The van der Waals surface area contributed by atoms with Crippen LogP contribution in [0.25, 0.3) is 0 Å². The van der Waals surface area contributed by atoms with Crippen LogP contribution in [0.15, 0.2) is 0 Å². The molecule has 0 aromatic carbocycles. The summed E-state index contributed by atoms with van der Waals surface area (Å²) in [5, 5.41) is 0. The van der Waals surface area contributed by atoms with E-state index in [-0.39, 0.29) is 4.32 Å². The quantitative estimate of drug-likeness (QED) is 0.653. The molecule has 2 heteroatoms. The lowest BCUT2D eigenvalue weighted by Gasteiger charge is -2.16. The van der Waals surface area contributed by atoms with Crippen LogP contribution in [-0.4, -0.2) is 9.15 Å². The molecular formula is C6H12Br2. The highest BCUT2D eigenvalue weighted by Crippen LogP contribution is 2.24. The second-order valence-electron chi connectivity index (χ2n) is 2.70. The van der Waals surface area contributed by atoms with Crippen LogP contribution in [0.4, 0.5) is 0 Å². The number of hydrogen-bond donors (Lipinski definition) is 0.